The molecule has 0 spiro atoms. The number of aliphatic imine (C=N–C) groups is 1. The van der Waals surface area contributed by atoms with Gasteiger partial charge >= 0.3 is 0 Å². The molecule has 7 heteroatoms. The Morgan fingerprint density at radius 1 is 1.29 bits per heavy atom. The highest BCUT2D eigenvalue weighted by molar-refractivity contribution is 14.0. The number of hydrogen-bond acceptors (Lipinski definition) is 3. The molecule has 5 nitrogen and oxygen atoms in total. The molecule has 1 unspecified atom stereocenters. The van der Waals surface area contributed by atoms with Crippen molar-refractivity contribution in [2.24, 2.45) is 4.99 Å². The Morgan fingerprint density at radius 2 is 2.04 bits per heavy atom. The van der Waals surface area contributed by atoms with Gasteiger partial charge in [-0.1, -0.05) is 11.6 Å². The quantitative estimate of drug-likeness (QED) is 0.399. The minimum atomic E-state index is 0. The van der Waals surface area contributed by atoms with Gasteiger partial charge in [-0.3, -0.25) is 4.99 Å². The first-order valence-corrected chi connectivity index (χ1v) is 8.73. The van der Waals surface area contributed by atoms with Gasteiger partial charge in [-0.05, 0) is 44.4 Å². The predicted molar refractivity (Wildman–Crippen MR) is 111 cm³/mol. The van der Waals surface area contributed by atoms with E-state index in [2.05, 4.69) is 27.4 Å². The molecule has 1 aliphatic heterocycles. The van der Waals surface area contributed by atoms with Crippen molar-refractivity contribution in [1.82, 2.24) is 10.6 Å². The third-order valence-corrected chi connectivity index (χ3v) is 4.48. The van der Waals surface area contributed by atoms with Crippen LogP contribution < -0.4 is 20.3 Å². The van der Waals surface area contributed by atoms with Crippen LogP contribution in [0.5, 0.6) is 5.75 Å². The number of nitrogens with one attached hydrogen (secondary N) is 2. The van der Waals surface area contributed by atoms with Crippen molar-refractivity contribution in [3.8, 4) is 5.75 Å². The van der Waals surface area contributed by atoms with Gasteiger partial charge in [-0.15, -0.1) is 24.0 Å². The summed E-state index contributed by atoms with van der Waals surface area (Å²) in [5.74, 6) is 1.81. The van der Waals surface area contributed by atoms with Gasteiger partial charge in [-0.25, -0.2) is 0 Å². The lowest BCUT2D eigenvalue weighted by Gasteiger charge is -2.22. The minimum absolute atomic E-state index is 0. The summed E-state index contributed by atoms with van der Waals surface area (Å²) >= 11 is 6.15. The third kappa shape index (κ3) is 5.05. The van der Waals surface area contributed by atoms with Gasteiger partial charge < -0.3 is 20.3 Å². The van der Waals surface area contributed by atoms with E-state index < -0.39 is 0 Å². The van der Waals surface area contributed by atoms with Gasteiger partial charge in [0.25, 0.3) is 0 Å². The van der Waals surface area contributed by atoms with E-state index in [1.165, 1.54) is 12.8 Å². The smallest absolute Gasteiger partial charge is 0.191 e. The molecule has 1 aromatic rings. The first kappa shape index (κ1) is 19.4. The van der Waals surface area contributed by atoms with E-state index in [0.29, 0.717) is 12.1 Å². The zero-order valence-corrected chi connectivity index (χ0v) is 17.3. The van der Waals surface area contributed by atoms with Crippen LogP contribution in [-0.4, -0.2) is 44.8 Å². The molecule has 24 heavy (non-hydrogen) atoms. The zero-order valence-electron chi connectivity index (χ0n) is 14.2. The molecule has 1 atom stereocenters. The SMILES string of the molecule is CCN=C(NC1CC1)NC1CCN(c2cc(Cl)ccc2OC)C1.I. The number of hydrogen-bond donors (Lipinski definition) is 2. The van der Waals surface area contributed by atoms with E-state index >= 15 is 0 Å². The highest BCUT2D eigenvalue weighted by Gasteiger charge is 2.27. The van der Waals surface area contributed by atoms with Crippen LogP contribution in [0.1, 0.15) is 26.2 Å². The Kier molecular flexibility index (Phi) is 7.28. The summed E-state index contributed by atoms with van der Waals surface area (Å²) < 4.78 is 5.47. The van der Waals surface area contributed by atoms with Crippen molar-refractivity contribution in [3.63, 3.8) is 0 Å². The van der Waals surface area contributed by atoms with E-state index in [0.717, 1.165) is 48.5 Å². The van der Waals surface area contributed by atoms with E-state index in [1.54, 1.807) is 7.11 Å². The fourth-order valence-electron chi connectivity index (χ4n) is 2.91. The van der Waals surface area contributed by atoms with Crippen LogP contribution in [0.2, 0.25) is 5.02 Å². The molecule has 0 amide bonds. The monoisotopic (exact) mass is 464 g/mol. The van der Waals surface area contributed by atoms with Gasteiger partial charge in [0.05, 0.1) is 12.8 Å². The number of rotatable bonds is 5. The van der Waals surface area contributed by atoms with E-state index in [9.17, 15) is 0 Å². The number of anilines is 1. The number of benzene rings is 1. The molecule has 1 saturated carbocycles. The Labute approximate surface area is 166 Å². The Balaban J connectivity index is 0.00000208. The number of guanidine groups is 1. The van der Waals surface area contributed by atoms with Crippen molar-refractivity contribution in [2.45, 2.75) is 38.3 Å². The van der Waals surface area contributed by atoms with Crippen molar-refractivity contribution in [1.29, 1.82) is 0 Å². The van der Waals surface area contributed by atoms with Gasteiger partial charge in [-0.2, -0.15) is 0 Å². The van der Waals surface area contributed by atoms with Crippen molar-refractivity contribution in [3.05, 3.63) is 23.2 Å². The molecule has 0 aromatic heterocycles. The van der Waals surface area contributed by atoms with E-state index in [4.69, 9.17) is 16.3 Å². The predicted octanol–water partition coefficient (Wildman–Crippen LogP) is 3.26. The van der Waals surface area contributed by atoms with Crippen LogP contribution in [0.25, 0.3) is 0 Å². The Hall–Kier alpha value is -0.890. The normalized spacial score (nSPS) is 20.5. The summed E-state index contributed by atoms with van der Waals surface area (Å²) in [4.78, 5) is 6.87. The summed E-state index contributed by atoms with van der Waals surface area (Å²) in [5, 5.41) is 7.78. The standard InChI is InChI=1S/C17H25ClN4O.HI/c1-3-19-17(20-13-5-6-13)21-14-8-9-22(11-14)15-10-12(18)4-7-16(15)23-2;/h4,7,10,13-14H,3,5-6,8-9,11H2,1-2H3,(H2,19,20,21);1H. The second-order valence-electron chi connectivity index (χ2n) is 6.13. The average molecular weight is 465 g/mol. The first-order valence-electron chi connectivity index (χ1n) is 8.35. The lowest BCUT2D eigenvalue weighted by molar-refractivity contribution is 0.415. The van der Waals surface area contributed by atoms with E-state index in [1.807, 2.05) is 18.2 Å². The molecule has 1 heterocycles. The number of nitrogens with zero attached hydrogens (tertiary/aromatic N) is 2. The maximum Gasteiger partial charge on any atom is 0.191 e. The van der Waals surface area contributed by atoms with Crippen molar-refractivity contribution >= 4 is 47.2 Å². The molecule has 1 saturated heterocycles. The highest BCUT2D eigenvalue weighted by Crippen LogP contribution is 2.33. The van der Waals surface area contributed by atoms with Crippen molar-refractivity contribution in [2.75, 3.05) is 31.6 Å². The van der Waals surface area contributed by atoms with Gasteiger partial charge in [0.1, 0.15) is 5.75 Å². The maximum atomic E-state index is 6.15. The third-order valence-electron chi connectivity index (χ3n) is 4.25. The fraction of sp³-hybridized carbons (Fsp3) is 0.588. The summed E-state index contributed by atoms with van der Waals surface area (Å²) in [6, 6.07) is 6.76. The van der Waals surface area contributed by atoms with Gasteiger partial charge in [0.15, 0.2) is 5.96 Å². The Bertz CT molecular complexity index is 580. The lowest BCUT2D eigenvalue weighted by atomic mass is 10.2. The van der Waals surface area contributed by atoms with Crippen molar-refractivity contribution < 1.29 is 4.74 Å². The van der Waals surface area contributed by atoms with Gasteiger partial charge in [0, 0.05) is 36.7 Å². The summed E-state index contributed by atoms with van der Waals surface area (Å²) in [5.41, 5.74) is 1.06. The topological polar surface area (TPSA) is 48.9 Å². The molecule has 0 bridgehead atoms. The minimum Gasteiger partial charge on any atom is -0.495 e. The molecule has 1 aliphatic carbocycles. The largest absolute Gasteiger partial charge is 0.495 e. The second kappa shape index (κ2) is 8.99. The highest BCUT2D eigenvalue weighted by atomic mass is 127. The molecule has 2 aliphatic rings. The molecule has 2 fully saturated rings. The molecule has 0 radical (unpaired) electrons. The first-order chi connectivity index (χ1) is 11.2. The van der Waals surface area contributed by atoms with Gasteiger partial charge in [0.2, 0.25) is 0 Å². The summed E-state index contributed by atoms with van der Waals surface area (Å²) in [6.45, 7) is 4.76. The summed E-state index contributed by atoms with van der Waals surface area (Å²) in [6.07, 6.45) is 3.58. The molecular formula is C17H26ClIN4O. The molecule has 1 aromatic carbocycles. The number of halogens is 2. The molecule has 2 N–H and O–H groups in total. The molecular weight excluding hydrogens is 439 g/mol. The second-order valence-corrected chi connectivity index (χ2v) is 6.57. The zero-order chi connectivity index (χ0) is 16.2. The van der Waals surface area contributed by atoms with Crippen LogP contribution in [0.4, 0.5) is 5.69 Å². The van der Waals surface area contributed by atoms with E-state index in [-0.39, 0.29) is 24.0 Å². The van der Waals surface area contributed by atoms with Crippen LogP contribution in [0, 0.1) is 0 Å². The molecule has 134 valence electrons. The summed E-state index contributed by atoms with van der Waals surface area (Å²) in [7, 11) is 1.70. The molecule has 3 rings (SSSR count). The Morgan fingerprint density at radius 3 is 2.71 bits per heavy atom. The fourth-order valence-corrected chi connectivity index (χ4v) is 3.08. The van der Waals surface area contributed by atoms with Crippen LogP contribution >= 0.6 is 35.6 Å². The number of ether oxygens (including phenoxy) is 1. The van der Waals surface area contributed by atoms with Crippen LogP contribution in [0.15, 0.2) is 23.2 Å². The average Bonchev–Trinajstić information content (AvgIpc) is 3.23. The lowest BCUT2D eigenvalue weighted by Crippen LogP contribution is -2.45. The van der Waals surface area contributed by atoms with Crippen LogP contribution in [-0.2, 0) is 0 Å². The van der Waals surface area contributed by atoms with Crippen LogP contribution in [0.3, 0.4) is 0 Å². The maximum absolute atomic E-state index is 6.15. The number of methoxy groups -OCH3 is 1.